The quantitative estimate of drug-likeness (QED) is 0.362. The number of hydrogen-bond acceptors (Lipinski definition) is 3. The minimum absolute atomic E-state index is 0.254. The summed E-state index contributed by atoms with van der Waals surface area (Å²) in [5.74, 6) is 0. The Morgan fingerprint density at radius 2 is 2.07 bits per heavy atom. The third kappa shape index (κ3) is 12.8. The molecule has 0 aliphatic heterocycles. The first-order valence-corrected chi connectivity index (χ1v) is 3.65. The van der Waals surface area contributed by atoms with Crippen molar-refractivity contribution in [2.24, 2.45) is 0 Å². The van der Waals surface area contributed by atoms with Gasteiger partial charge in [0.1, 0.15) is 0 Å². The lowest BCUT2D eigenvalue weighted by molar-refractivity contribution is -0.108. The molecule has 14 heavy (non-hydrogen) atoms. The molecule has 4 N–H and O–H groups in total. The predicted octanol–water partition coefficient (Wildman–Crippen LogP) is -0.323. The van der Waals surface area contributed by atoms with Crippen LogP contribution in [-0.4, -0.2) is 35.4 Å². The van der Waals surface area contributed by atoms with Gasteiger partial charge in [0.15, 0.2) is 0 Å². The van der Waals surface area contributed by atoms with E-state index in [0.29, 0.717) is 6.41 Å². The zero-order valence-corrected chi connectivity index (χ0v) is 7.64. The van der Waals surface area contributed by atoms with Crippen LogP contribution in [0.5, 0.6) is 0 Å². The molecule has 0 heterocycles. The lowest BCUT2D eigenvalue weighted by Crippen LogP contribution is -2.34. The Bertz CT molecular complexity index is 188. The molecule has 6 heteroatoms. The molecule has 0 spiro atoms. The summed E-state index contributed by atoms with van der Waals surface area (Å²) < 4.78 is 0. The zero-order valence-electron chi connectivity index (χ0n) is 7.64. The number of amides is 2. The second-order valence-electron chi connectivity index (χ2n) is 1.96. The summed E-state index contributed by atoms with van der Waals surface area (Å²) in [7, 11) is 0. The summed E-state index contributed by atoms with van der Waals surface area (Å²) in [6, 6.07) is -0.553. The Kier molecular flexibility index (Phi) is 11.7. The number of carbonyl (C=O) groups is 2. The minimum atomic E-state index is -1.16. The molecule has 80 valence electrons. The first-order valence-electron chi connectivity index (χ1n) is 3.65. The molecule has 0 aromatic heterocycles. The molecule has 0 aromatic rings. The number of aliphatic hydroxyl groups excluding tert-OH is 1. The monoisotopic (exact) mass is 202 g/mol. The van der Waals surface area contributed by atoms with Crippen molar-refractivity contribution in [3.8, 4) is 0 Å². The zero-order chi connectivity index (χ0) is 11.4. The number of nitrogens with one attached hydrogen (secondary N) is 2. The van der Waals surface area contributed by atoms with Gasteiger partial charge < -0.3 is 20.8 Å². The normalized spacial score (nSPS) is 9.79. The molecule has 0 saturated carbocycles. The maximum absolute atomic E-state index is 9.86. The molecule has 2 amide bonds. The van der Waals surface area contributed by atoms with E-state index >= 15 is 0 Å². The van der Waals surface area contributed by atoms with Crippen LogP contribution in [0.1, 0.15) is 0 Å². The summed E-state index contributed by atoms with van der Waals surface area (Å²) in [4.78, 5) is 19.1. The molecule has 1 atom stereocenters. The van der Waals surface area contributed by atoms with Crippen LogP contribution in [0.3, 0.4) is 0 Å². The van der Waals surface area contributed by atoms with Crippen LogP contribution in [0, 0.1) is 0 Å². The van der Waals surface area contributed by atoms with Crippen molar-refractivity contribution in [1.82, 2.24) is 10.6 Å². The largest absolute Gasteiger partial charge is 0.465 e. The molecule has 0 aliphatic rings. The Morgan fingerprint density at radius 3 is 2.14 bits per heavy atom. The van der Waals surface area contributed by atoms with E-state index in [1.165, 1.54) is 12.3 Å². The van der Waals surface area contributed by atoms with Gasteiger partial charge in [0.2, 0.25) is 6.41 Å². The van der Waals surface area contributed by atoms with Gasteiger partial charge in [0.25, 0.3) is 0 Å². The molecule has 6 nitrogen and oxygen atoms in total. The highest BCUT2D eigenvalue weighted by atomic mass is 16.4. The first kappa shape index (κ1) is 14.7. The van der Waals surface area contributed by atoms with E-state index in [2.05, 4.69) is 18.5 Å². The van der Waals surface area contributed by atoms with E-state index in [9.17, 15) is 9.59 Å². The first-order chi connectivity index (χ1) is 6.62. The summed E-state index contributed by atoms with van der Waals surface area (Å²) in [6.07, 6.45) is 2.04. The second kappa shape index (κ2) is 11.2. The molecular weight excluding hydrogens is 188 g/mol. The van der Waals surface area contributed by atoms with E-state index in [-0.39, 0.29) is 6.61 Å². The molecule has 0 rings (SSSR count). The minimum Gasteiger partial charge on any atom is -0.465 e. The summed E-state index contributed by atoms with van der Waals surface area (Å²) in [5.41, 5.74) is 0. The summed E-state index contributed by atoms with van der Waals surface area (Å²) >= 11 is 0. The lowest BCUT2D eigenvalue weighted by atomic mass is 10.3. The van der Waals surface area contributed by atoms with Gasteiger partial charge in [-0.1, -0.05) is 12.7 Å². The molecule has 0 bridgehead atoms. The number of aliphatic hydroxyl groups is 1. The van der Waals surface area contributed by atoms with Crippen LogP contribution >= 0.6 is 0 Å². The third-order valence-electron chi connectivity index (χ3n) is 0.976. The van der Waals surface area contributed by atoms with E-state index < -0.39 is 12.1 Å². The molecule has 0 radical (unpaired) electrons. The van der Waals surface area contributed by atoms with Gasteiger partial charge in [-0.25, -0.2) is 4.79 Å². The highest BCUT2D eigenvalue weighted by Gasteiger charge is 2.02. The topological polar surface area (TPSA) is 98.7 Å². The van der Waals surface area contributed by atoms with E-state index in [1.54, 1.807) is 0 Å². The third-order valence-corrected chi connectivity index (χ3v) is 0.976. The molecule has 0 aliphatic carbocycles. The SMILES string of the molecule is C=CC(CO)NC(=O)O.C=CNC=O. The van der Waals surface area contributed by atoms with Crippen LogP contribution < -0.4 is 10.6 Å². The van der Waals surface area contributed by atoms with Gasteiger partial charge >= 0.3 is 6.09 Å². The molecule has 1 unspecified atom stereocenters. The van der Waals surface area contributed by atoms with E-state index in [0.717, 1.165) is 0 Å². The van der Waals surface area contributed by atoms with Crippen LogP contribution in [0.25, 0.3) is 0 Å². The van der Waals surface area contributed by atoms with Gasteiger partial charge in [-0.2, -0.15) is 0 Å². The standard InChI is InChI=1S/C5H9NO3.C3H5NO/c1-2-4(3-7)6-5(8)9;1-2-4-3-5/h2,4,6-7H,1,3H2,(H,8,9);2-3H,1H2,(H,4,5). The maximum Gasteiger partial charge on any atom is 0.405 e. The maximum atomic E-state index is 9.86. The van der Waals surface area contributed by atoms with Crippen molar-refractivity contribution in [2.45, 2.75) is 6.04 Å². The van der Waals surface area contributed by atoms with Crippen molar-refractivity contribution in [3.05, 3.63) is 25.4 Å². The van der Waals surface area contributed by atoms with Crippen LogP contribution in [0.15, 0.2) is 25.4 Å². The highest BCUT2D eigenvalue weighted by molar-refractivity contribution is 5.65. The number of hydrogen-bond donors (Lipinski definition) is 4. The Hall–Kier alpha value is -1.82. The lowest BCUT2D eigenvalue weighted by Gasteiger charge is -2.06. The smallest absolute Gasteiger partial charge is 0.405 e. The van der Waals surface area contributed by atoms with Crippen molar-refractivity contribution in [2.75, 3.05) is 6.61 Å². The summed E-state index contributed by atoms with van der Waals surface area (Å²) in [6.45, 7) is 6.25. The fourth-order valence-corrected chi connectivity index (χ4v) is 0.386. The van der Waals surface area contributed by atoms with Gasteiger partial charge in [0.05, 0.1) is 12.6 Å². The fraction of sp³-hybridized carbons (Fsp3) is 0.250. The van der Waals surface area contributed by atoms with Crippen LogP contribution in [-0.2, 0) is 4.79 Å². The number of carboxylic acid groups (broad SMARTS) is 1. The second-order valence-corrected chi connectivity index (χ2v) is 1.96. The fourth-order valence-electron chi connectivity index (χ4n) is 0.386. The predicted molar refractivity (Wildman–Crippen MR) is 51.6 cm³/mol. The Labute approximate surface area is 81.9 Å². The Morgan fingerprint density at radius 1 is 1.50 bits per heavy atom. The molecule has 0 aromatic carbocycles. The van der Waals surface area contributed by atoms with Gasteiger partial charge in [0, 0.05) is 0 Å². The number of carbonyl (C=O) groups excluding carboxylic acids is 1. The number of rotatable bonds is 5. The van der Waals surface area contributed by atoms with Crippen LogP contribution in [0.4, 0.5) is 4.79 Å². The average Bonchev–Trinajstić information content (AvgIpc) is 2.16. The van der Waals surface area contributed by atoms with Crippen LogP contribution in [0.2, 0.25) is 0 Å². The molecule has 0 fully saturated rings. The van der Waals surface area contributed by atoms with E-state index in [1.807, 2.05) is 5.32 Å². The average molecular weight is 202 g/mol. The van der Waals surface area contributed by atoms with Crippen molar-refractivity contribution in [1.29, 1.82) is 0 Å². The Balaban J connectivity index is 0. The van der Waals surface area contributed by atoms with Gasteiger partial charge in [-0.05, 0) is 6.20 Å². The highest BCUT2D eigenvalue weighted by Crippen LogP contribution is 1.80. The van der Waals surface area contributed by atoms with E-state index in [4.69, 9.17) is 10.2 Å². The molecule has 0 saturated heterocycles. The van der Waals surface area contributed by atoms with Gasteiger partial charge in [-0.3, -0.25) is 4.79 Å². The van der Waals surface area contributed by atoms with Crippen molar-refractivity contribution >= 4 is 12.5 Å². The van der Waals surface area contributed by atoms with Gasteiger partial charge in [-0.15, -0.1) is 6.58 Å². The molecular formula is C8H14N2O4. The van der Waals surface area contributed by atoms with Crippen molar-refractivity contribution in [3.63, 3.8) is 0 Å². The summed E-state index contributed by atoms with van der Waals surface area (Å²) in [5, 5.41) is 20.7. The van der Waals surface area contributed by atoms with Crippen molar-refractivity contribution < 1.29 is 19.8 Å².